The molecule has 0 spiro atoms. The lowest BCUT2D eigenvalue weighted by Crippen LogP contribution is -2.19. The Kier molecular flexibility index (Phi) is 5.32. The number of rotatable bonds is 4. The van der Waals surface area contributed by atoms with E-state index in [4.69, 9.17) is 4.42 Å². The molecular weight excluding hydrogens is 458 g/mol. The maximum absolute atomic E-state index is 12.2. The molecule has 1 amide bonds. The van der Waals surface area contributed by atoms with Crippen LogP contribution in [-0.2, 0) is 4.79 Å². The molecule has 0 aliphatic carbocycles. The molecule has 1 fully saturated rings. The Hall–Kier alpha value is -3.17. The van der Waals surface area contributed by atoms with Crippen LogP contribution in [0, 0.1) is 10.1 Å². The van der Waals surface area contributed by atoms with E-state index < -0.39 is 4.92 Å². The third-order valence-electron chi connectivity index (χ3n) is 3.96. The minimum Gasteiger partial charge on any atom is -0.456 e. The van der Waals surface area contributed by atoms with E-state index in [9.17, 15) is 14.9 Å². The minimum atomic E-state index is -0.457. The molecule has 0 bridgehead atoms. The van der Waals surface area contributed by atoms with Gasteiger partial charge in [0.25, 0.3) is 11.6 Å². The number of thioether (sulfide) groups is 1. The number of nitro groups is 1. The monoisotopic (exact) mass is 469 g/mol. The summed E-state index contributed by atoms with van der Waals surface area (Å²) in [6, 6.07) is 17.1. The van der Waals surface area contributed by atoms with Gasteiger partial charge in [0.1, 0.15) is 11.5 Å². The van der Waals surface area contributed by atoms with Crippen molar-refractivity contribution in [1.82, 2.24) is 5.32 Å². The number of aliphatic imine (C=N–C) groups is 1. The molecule has 1 aliphatic heterocycles. The predicted molar refractivity (Wildman–Crippen MR) is 116 cm³/mol. The van der Waals surface area contributed by atoms with Crippen LogP contribution in [0.4, 0.5) is 11.4 Å². The minimum absolute atomic E-state index is 0.0440. The van der Waals surface area contributed by atoms with Gasteiger partial charge in [-0.25, -0.2) is 4.99 Å². The molecule has 1 N–H and O–H groups in total. The summed E-state index contributed by atoms with van der Waals surface area (Å²) in [5.74, 6) is 0.488. The average Bonchev–Trinajstić information content (AvgIpc) is 3.29. The molecule has 7 nitrogen and oxygen atoms in total. The van der Waals surface area contributed by atoms with Crippen molar-refractivity contribution >= 4 is 56.2 Å². The molecule has 0 radical (unpaired) electrons. The van der Waals surface area contributed by atoms with Gasteiger partial charge in [-0.05, 0) is 48.2 Å². The first-order valence-electron chi connectivity index (χ1n) is 8.38. The summed E-state index contributed by atoms with van der Waals surface area (Å²) >= 11 is 4.58. The summed E-state index contributed by atoms with van der Waals surface area (Å²) in [4.78, 5) is 27.8. The van der Waals surface area contributed by atoms with E-state index in [1.165, 1.54) is 17.8 Å². The van der Waals surface area contributed by atoms with Crippen LogP contribution < -0.4 is 5.32 Å². The highest BCUT2D eigenvalue weighted by Gasteiger charge is 2.25. The van der Waals surface area contributed by atoms with E-state index in [0.29, 0.717) is 32.8 Å². The van der Waals surface area contributed by atoms with Gasteiger partial charge in [0.15, 0.2) is 5.17 Å². The molecule has 1 aliphatic rings. The number of amidine groups is 1. The number of benzene rings is 2. The van der Waals surface area contributed by atoms with Gasteiger partial charge in [-0.2, -0.15) is 0 Å². The van der Waals surface area contributed by atoms with Crippen LogP contribution in [0.15, 0.2) is 79.5 Å². The summed E-state index contributed by atoms with van der Waals surface area (Å²) in [7, 11) is 0. The van der Waals surface area contributed by atoms with Crippen LogP contribution >= 0.6 is 27.7 Å². The Balaban J connectivity index is 1.58. The molecule has 2 aromatic carbocycles. The molecule has 2 heterocycles. The number of nitrogens with zero attached hydrogens (tertiary/aromatic N) is 2. The number of hydrogen-bond donors (Lipinski definition) is 1. The SMILES string of the molecule is O=C1NC(=Nc2cccc(Br)c2)S/C1=C/c1ccc(-c2ccccc2[N+](=O)[O-])o1. The third-order valence-corrected chi connectivity index (χ3v) is 5.36. The Labute approximate surface area is 177 Å². The smallest absolute Gasteiger partial charge is 0.280 e. The number of nitrogens with one attached hydrogen (secondary N) is 1. The van der Waals surface area contributed by atoms with Crippen LogP contribution in [0.1, 0.15) is 5.76 Å². The van der Waals surface area contributed by atoms with Gasteiger partial charge in [-0.1, -0.05) is 34.1 Å². The van der Waals surface area contributed by atoms with Crippen molar-refractivity contribution in [3.05, 3.63) is 85.9 Å². The van der Waals surface area contributed by atoms with Crippen molar-refractivity contribution in [2.24, 2.45) is 4.99 Å². The number of amides is 1. The normalized spacial score (nSPS) is 16.4. The van der Waals surface area contributed by atoms with Crippen molar-refractivity contribution in [1.29, 1.82) is 0 Å². The summed E-state index contributed by atoms with van der Waals surface area (Å²) < 4.78 is 6.61. The number of para-hydroxylation sites is 1. The topological polar surface area (TPSA) is 97.7 Å². The van der Waals surface area contributed by atoms with Crippen LogP contribution in [0.3, 0.4) is 0 Å². The number of nitro benzene ring substituents is 1. The van der Waals surface area contributed by atoms with Crippen LogP contribution in [0.2, 0.25) is 0 Å². The van der Waals surface area contributed by atoms with E-state index in [1.54, 1.807) is 36.4 Å². The van der Waals surface area contributed by atoms with Crippen LogP contribution in [0.25, 0.3) is 17.4 Å². The van der Waals surface area contributed by atoms with Gasteiger partial charge in [0, 0.05) is 16.6 Å². The fraction of sp³-hybridized carbons (Fsp3) is 0. The first kappa shape index (κ1) is 19.2. The second kappa shape index (κ2) is 8.06. The average molecular weight is 470 g/mol. The second-order valence-electron chi connectivity index (χ2n) is 5.94. The first-order valence-corrected chi connectivity index (χ1v) is 9.99. The van der Waals surface area contributed by atoms with Crippen molar-refractivity contribution in [2.75, 3.05) is 0 Å². The Morgan fingerprint density at radius 1 is 1.14 bits per heavy atom. The fourth-order valence-electron chi connectivity index (χ4n) is 2.69. The highest BCUT2D eigenvalue weighted by molar-refractivity contribution is 9.10. The van der Waals surface area contributed by atoms with Gasteiger partial charge in [0.05, 0.1) is 21.1 Å². The van der Waals surface area contributed by atoms with Crippen molar-refractivity contribution < 1.29 is 14.1 Å². The number of carbonyl (C=O) groups is 1. The Bertz CT molecular complexity index is 1190. The van der Waals surface area contributed by atoms with Gasteiger partial charge in [-0.3, -0.25) is 14.9 Å². The molecule has 1 aromatic heterocycles. The predicted octanol–water partition coefficient (Wildman–Crippen LogP) is 5.51. The summed E-state index contributed by atoms with van der Waals surface area (Å²) in [6.07, 6.45) is 1.59. The quantitative estimate of drug-likeness (QED) is 0.308. The van der Waals surface area contributed by atoms with E-state index in [0.717, 1.165) is 4.47 Å². The van der Waals surface area contributed by atoms with E-state index in [-0.39, 0.29) is 11.6 Å². The number of furan rings is 1. The zero-order chi connectivity index (χ0) is 20.4. The molecule has 0 atom stereocenters. The maximum Gasteiger partial charge on any atom is 0.280 e. The third kappa shape index (κ3) is 4.30. The maximum atomic E-state index is 12.2. The first-order chi connectivity index (χ1) is 14.0. The molecule has 0 unspecified atom stereocenters. The Morgan fingerprint density at radius 3 is 2.76 bits per heavy atom. The van der Waals surface area contributed by atoms with E-state index in [2.05, 4.69) is 26.2 Å². The molecule has 4 rings (SSSR count). The van der Waals surface area contributed by atoms with Crippen LogP contribution in [-0.4, -0.2) is 16.0 Å². The zero-order valence-electron chi connectivity index (χ0n) is 14.7. The largest absolute Gasteiger partial charge is 0.456 e. The zero-order valence-corrected chi connectivity index (χ0v) is 17.1. The molecule has 9 heteroatoms. The summed E-state index contributed by atoms with van der Waals surface area (Å²) in [5.41, 5.74) is 1.04. The lowest BCUT2D eigenvalue weighted by molar-refractivity contribution is -0.384. The molecule has 29 heavy (non-hydrogen) atoms. The van der Waals surface area contributed by atoms with Gasteiger partial charge in [-0.15, -0.1) is 0 Å². The highest BCUT2D eigenvalue weighted by atomic mass is 79.9. The second-order valence-corrected chi connectivity index (χ2v) is 7.88. The summed E-state index contributed by atoms with van der Waals surface area (Å²) in [5, 5.41) is 14.4. The fourth-order valence-corrected chi connectivity index (χ4v) is 3.90. The molecule has 0 saturated carbocycles. The van der Waals surface area contributed by atoms with Crippen molar-refractivity contribution in [3.8, 4) is 11.3 Å². The number of halogens is 1. The summed E-state index contributed by atoms with van der Waals surface area (Å²) in [6.45, 7) is 0. The standard InChI is InChI=1S/C20H12BrN3O4S/c21-12-4-3-5-13(10-12)22-20-23-19(25)18(29-20)11-14-8-9-17(28-14)15-6-1-2-7-16(15)24(26)27/h1-11H,(H,22,23,25)/b18-11+. The lowest BCUT2D eigenvalue weighted by atomic mass is 10.1. The number of hydrogen-bond acceptors (Lipinski definition) is 6. The molecule has 3 aromatic rings. The lowest BCUT2D eigenvalue weighted by Gasteiger charge is -1.98. The van der Waals surface area contributed by atoms with Crippen LogP contribution in [0.5, 0.6) is 0 Å². The highest BCUT2D eigenvalue weighted by Crippen LogP contribution is 2.33. The molecule has 144 valence electrons. The number of carbonyl (C=O) groups excluding carboxylic acids is 1. The van der Waals surface area contributed by atoms with Gasteiger partial charge >= 0.3 is 0 Å². The van der Waals surface area contributed by atoms with E-state index in [1.807, 2.05) is 24.3 Å². The van der Waals surface area contributed by atoms with Crippen molar-refractivity contribution in [2.45, 2.75) is 0 Å². The Morgan fingerprint density at radius 2 is 1.97 bits per heavy atom. The van der Waals surface area contributed by atoms with Gasteiger partial charge in [0.2, 0.25) is 0 Å². The van der Waals surface area contributed by atoms with Gasteiger partial charge < -0.3 is 9.73 Å². The molecular formula is C20H12BrN3O4S. The van der Waals surface area contributed by atoms with E-state index >= 15 is 0 Å². The van der Waals surface area contributed by atoms with Crippen molar-refractivity contribution in [3.63, 3.8) is 0 Å². The molecule has 1 saturated heterocycles.